The molecule has 1 unspecified atom stereocenters. The minimum atomic E-state index is -0.300. The molecular formula is C20H22ClN3O3. The Labute approximate surface area is 163 Å². The van der Waals surface area contributed by atoms with Crippen molar-refractivity contribution >= 4 is 11.6 Å². The molecule has 0 aliphatic carbocycles. The van der Waals surface area contributed by atoms with Crippen LogP contribution >= 0.6 is 11.6 Å². The monoisotopic (exact) mass is 387 g/mol. The SMILES string of the molecule is CCOc1cc(Cn2cc(C(OC)c3ccc(Cl)cc3)nn2)ccc1OC. The van der Waals surface area contributed by atoms with E-state index in [9.17, 15) is 0 Å². The highest BCUT2D eigenvalue weighted by molar-refractivity contribution is 6.30. The molecule has 0 spiro atoms. The largest absolute Gasteiger partial charge is 0.493 e. The Morgan fingerprint density at radius 1 is 1.07 bits per heavy atom. The molecule has 1 heterocycles. The Morgan fingerprint density at radius 3 is 2.52 bits per heavy atom. The molecule has 0 N–H and O–H groups in total. The lowest BCUT2D eigenvalue weighted by Gasteiger charge is -2.12. The first-order valence-corrected chi connectivity index (χ1v) is 9.00. The summed E-state index contributed by atoms with van der Waals surface area (Å²) in [6.45, 7) is 3.08. The van der Waals surface area contributed by atoms with Crippen LogP contribution in [-0.4, -0.2) is 35.8 Å². The third-order valence-electron chi connectivity index (χ3n) is 4.11. The predicted molar refractivity (Wildman–Crippen MR) is 104 cm³/mol. The Balaban J connectivity index is 1.79. The van der Waals surface area contributed by atoms with E-state index in [1.54, 1.807) is 18.9 Å². The third-order valence-corrected chi connectivity index (χ3v) is 4.36. The topological polar surface area (TPSA) is 58.4 Å². The average molecular weight is 388 g/mol. The van der Waals surface area contributed by atoms with E-state index in [4.69, 9.17) is 25.8 Å². The summed E-state index contributed by atoms with van der Waals surface area (Å²) in [5, 5.41) is 9.19. The maximum absolute atomic E-state index is 5.96. The van der Waals surface area contributed by atoms with Crippen molar-refractivity contribution in [1.82, 2.24) is 15.0 Å². The average Bonchev–Trinajstić information content (AvgIpc) is 3.12. The molecule has 0 amide bonds. The first kappa shape index (κ1) is 19.2. The quantitative estimate of drug-likeness (QED) is 0.581. The summed E-state index contributed by atoms with van der Waals surface area (Å²) in [4.78, 5) is 0. The second kappa shape index (κ2) is 8.88. The van der Waals surface area contributed by atoms with Crippen LogP contribution in [0.3, 0.4) is 0 Å². The molecule has 1 atom stereocenters. The van der Waals surface area contributed by atoms with Gasteiger partial charge in [0.05, 0.1) is 26.5 Å². The van der Waals surface area contributed by atoms with E-state index in [2.05, 4.69) is 10.3 Å². The van der Waals surface area contributed by atoms with Gasteiger partial charge >= 0.3 is 0 Å². The molecule has 0 fully saturated rings. The van der Waals surface area contributed by atoms with Crippen molar-refractivity contribution in [3.63, 3.8) is 0 Å². The van der Waals surface area contributed by atoms with E-state index >= 15 is 0 Å². The number of halogens is 1. The minimum absolute atomic E-state index is 0.300. The summed E-state index contributed by atoms with van der Waals surface area (Å²) in [6.07, 6.45) is 1.58. The summed E-state index contributed by atoms with van der Waals surface area (Å²) in [5.41, 5.74) is 2.74. The van der Waals surface area contributed by atoms with Crippen molar-refractivity contribution in [1.29, 1.82) is 0 Å². The maximum atomic E-state index is 5.96. The predicted octanol–water partition coefficient (Wildman–Crippen LogP) is 4.12. The van der Waals surface area contributed by atoms with Gasteiger partial charge in [0.25, 0.3) is 0 Å². The molecule has 3 aromatic rings. The number of benzene rings is 2. The fourth-order valence-corrected chi connectivity index (χ4v) is 2.98. The molecule has 2 aromatic carbocycles. The summed E-state index contributed by atoms with van der Waals surface area (Å²) < 4.78 is 18.3. The first-order valence-electron chi connectivity index (χ1n) is 8.62. The van der Waals surface area contributed by atoms with E-state index in [0.29, 0.717) is 29.7 Å². The molecule has 0 bridgehead atoms. The fourth-order valence-electron chi connectivity index (χ4n) is 2.85. The van der Waals surface area contributed by atoms with Crippen LogP contribution in [0.5, 0.6) is 11.5 Å². The van der Waals surface area contributed by atoms with Crippen LogP contribution in [0.25, 0.3) is 0 Å². The van der Waals surface area contributed by atoms with Crippen LogP contribution in [0.15, 0.2) is 48.7 Å². The fraction of sp³-hybridized carbons (Fsp3) is 0.300. The number of hydrogen-bond acceptors (Lipinski definition) is 5. The molecule has 0 saturated carbocycles. The molecule has 0 saturated heterocycles. The number of nitrogens with zero attached hydrogens (tertiary/aromatic N) is 3. The van der Waals surface area contributed by atoms with E-state index < -0.39 is 0 Å². The van der Waals surface area contributed by atoms with Gasteiger partial charge in [0.2, 0.25) is 0 Å². The normalized spacial score (nSPS) is 12.0. The van der Waals surface area contributed by atoms with Crippen molar-refractivity contribution < 1.29 is 14.2 Å². The lowest BCUT2D eigenvalue weighted by molar-refractivity contribution is 0.133. The van der Waals surface area contributed by atoms with Gasteiger partial charge in [-0.25, -0.2) is 4.68 Å². The Morgan fingerprint density at radius 2 is 1.85 bits per heavy atom. The van der Waals surface area contributed by atoms with Crippen molar-refractivity contribution in [3.05, 3.63) is 70.5 Å². The first-order chi connectivity index (χ1) is 13.1. The Hall–Kier alpha value is -2.57. The third kappa shape index (κ3) is 4.59. The van der Waals surface area contributed by atoms with Crippen molar-refractivity contribution in [2.24, 2.45) is 0 Å². The zero-order valence-corrected chi connectivity index (χ0v) is 16.3. The smallest absolute Gasteiger partial charge is 0.161 e. The molecule has 0 aliphatic rings. The van der Waals surface area contributed by atoms with Crippen LogP contribution < -0.4 is 9.47 Å². The number of rotatable bonds is 8. The van der Waals surface area contributed by atoms with Crippen molar-refractivity contribution in [3.8, 4) is 11.5 Å². The molecule has 3 rings (SSSR count). The maximum Gasteiger partial charge on any atom is 0.161 e. The van der Waals surface area contributed by atoms with Gasteiger partial charge in [-0.2, -0.15) is 0 Å². The molecule has 1 aromatic heterocycles. The van der Waals surface area contributed by atoms with Gasteiger partial charge < -0.3 is 14.2 Å². The number of methoxy groups -OCH3 is 2. The lowest BCUT2D eigenvalue weighted by atomic mass is 10.1. The summed E-state index contributed by atoms with van der Waals surface area (Å²) in [7, 11) is 3.28. The van der Waals surface area contributed by atoms with Gasteiger partial charge in [0.15, 0.2) is 11.5 Å². The molecule has 27 heavy (non-hydrogen) atoms. The van der Waals surface area contributed by atoms with Crippen LogP contribution in [0, 0.1) is 0 Å². The molecule has 7 heteroatoms. The summed E-state index contributed by atoms with van der Waals surface area (Å²) in [5.74, 6) is 1.43. The highest BCUT2D eigenvalue weighted by Gasteiger charge is 2.17. The van der Waals surface area contributed by atoms with Gasteiger partial charge in [0, 0.05) is 12.1 Å². The highest BCUT2D eigenvalue weighted by atomic mass is 35.5. The minimum Gasteiger partial charge on any atom is -0.493 e. The van der Waals surface area contributed by atoms with Crippen LogP contribution in [0.4, 0.5) is 0 Å². The molecule has 0 radical (unpaired) electrons. The standard InChI is InChI=1S/C20H22ClN3O3/c1-4-27-19-11-14(5-10-18(19)25-2)12-24-13-17(22-23-24)20(26-3)15-6-8-16(21)9-7-15/h5-11,13,20H,4,12H2,1-3H3. The molecule has 142 valence electrons. The van der Waals surface area contributed by atoms with E-state index in [-0.39, 0.29) is 6.10 Å². The van der Waals surface area contributed by atoms with Gasteiger partial charge in [-0.05, 0) is 42.3 Å². The molecular weight excluding hydrogens is 366 g/mol. The van der Waals surface area contributed by atoms with Crippen LogP contribution in [-0.2, 0) is 11.3 Å². The zero-order chi connectivity index (χ0) is 19.2. The molecule has 0 aliphatic heterocycles. The van der Waals surface area contributed by atoms with Gasteiger partial charge in [-0.1, -0.05) is 35.0 Å². The molecule has 6 nitrogen and oxygen atoms in total. The highest BCUT2D eigenvalue weighted by Crippen LogP contribution is 2.29. The second-order valence-electron chi connectivity index (χ2n) is 5.93. The number of ether oxygens (including phenoxy) is 3. The zero-order valence-electron chi connectivity index (χ0n) is 15.6. The van der Waals surface area contributed by atoms with Gasteiger partial charge in [-0.15, -0.1) is 5.10 Å². The summed E-state index contributed by atoms with van der Waals surface area (Å²) in [6, 6.07) is 13.3. The van der Waals surface area contributed by atoms with Gasteiger partial charge in [-0.3, -0.25) is 0 Å². The second-order valence-corrected chi connectivity index (χ2v) is 6.36. The van der Waals surface area contributed by atoms with E-state index in [1.807, 2.05) is 55.6 Å². The van der Waals surface area contributed by atoms with Gasteiger partial charge in [0.1, 0.15) is 11.8 Å². The Kier molecular flexibility index (Phi) is 6.32. The Bertz CT molecular complexity index is 880. The van der Waals surface area contributed by atoms with Crippen LogP contribution in [0.2, 0.25) is 5.02 Å². The van der Waals surface area contributed by atoms with E-state index in [1.165, 1.54) is 0 Å². The van der Waals surface area contributed by atoms with Crippen molar-refractivity contribution in [2.75, 3.05) is 20.8 Å². The lowest BCUT2D eigenvalue weighted by Crippen LogP contribution is -2.04. The summed E-state index contributed by atoms with van der Waals surface area (Å²) >= 11 is 5.96. The van der Waals surface area contributed by atoms with Crippen molar-refractivity contribution in [2.45, 2.75) is 19.6 Å². The van der Waals surface area contributed by atoms with E-state index in [0.717, 1.165) is 16.8 Å². The van der Waals surface area contributed by atoms with Crippen LogP contribution in [0.1, 0.15) is 29.8 Å². The number of hydrogen-bond donors (Lipinski definition) is 0. The number of aromatic nitrogens is 3.